The van der Waals surface area contributed by atoms with Crippen molar-refractivity contribution in [3.05, 3.63) is 10.8 Å². The van der Waals surface area contributed by atoms with E-state index < -0.39 is 0 Å². The van der Waals surface area contributed by atoms with Gasteiger partial charge >= 0.3 is 5.97 Å². The molecule has 1 heterocycles. The first-order valence-electron chi connectivity index (χ1n) is 5.60. The zero-order chi connectivity index (χ0) is 11.5. The number of aromatic nitrogens is 2. The average Bonchev–Trinajstić information content (AvgIpc) is 2.75. The van der Waals surface area contributed by atoms with Crippen LogP contribution < -0.4 is 0 Å². The van der Waals surface area contributed by atoms with Crippen LogP contribution in [-0.2, 0) is 9.53 Å². The molecule has 2 unspecified atom stereocenters. The van der Waals surface area contributed by atoms with Crippen LogP contribution in [0.15, 0.2) is 0 Å². The van der Waals surface area contributed by atoms with E-state index in [-0.39, 0.29) is 17.8 Å². The predicted octanol–water partition coefficient (Wildman–Crippen LogP) is 2.29. The summed E-state index contributed by atoms with van der Waals surface area (Å²) in [5.41, 5.74) is 0. The number of methoxy groups -OCH3 is 1. The van der Waals surface area contributed by atoms with Gasteiger partial charge in [-0.15, -0.1) is 0 Å². The molecule has 0 aromatic carbocycles. The second-order valence-electron chi connectivity index (χ2n) is 4.19. The van der Waals surface area contributed by atoms with Crippen LogP contribution in [0, 0.1) is 12.8 Å². The quantitative estimate of drug-likeness (QED) is 0.744. The minimum Gasteiger partial charge on any atom is -0.469 e. The molecule has 4 nitrogen and oxygen atoms in total. The van der Waals surface area contributed by atoms with Crippen LogP contribution in [0.2, 0.25) is 0 Å². The Balaban J connectivity index is 2.19. The molecule has 5 heteroatoms. The molecule has 1 saturated carbocycles. The maximum atomic E-state index is 11.7. The van der Waals surface area contributed by atoms with Gasteiger partial charge in [0.1, 0.15) is 10.8 Å². The summed E-state index contributed by atoms with van der Waals surface area (Å²) in [6, 6.07) is 0. The molecule has 1 fully saturated rings. The van der Waals surface area contributed by atoms with Gasteiger partial charge in [0.25, 0.3) is 0 Å². The number of carbonyl (C=O) groups excluding carboxylic acids is 1. The number of aryl methyl sites for hydroxylation is 1. The Morgan fingerprint density at radius 3 is 2.81 bits per heavy atom. The number of ether oxygens (including phenoxy) is 1. The van der Waals surface area contributed by atoms with Crippen molar-refractivity contribution in [2.75, 3.05) is 7.11 Å². The van der Waals surface area contributed by atoms with E-state index in [1.165, 1.54) is 18.6 Å². The van der Waals surface area contributed by atoms with Crippen molar-refractivity contribution in [1.82, 2.24) is 9.36 Å². The highest BCUT2D eigenvalue weighted by molar-refractivity contribution is 7.05. The Morgan fingerprint density at radius 1 is 1.44 bits per heavy atom. The van der Waals surface area contributed by atoms with Crippen LogP contribution in [0.3, 0.4) is 0 Å². The molecular weight excluding hydrogens is 224 g/mol. The lowest BCUT2D eigenvalue weighted by molar-refractivity contribution is -0.147. The number of rotatable bonds is 2. The first-order valence-corrected chi connectivity index (χ1v) is 6.37. The Morgan fingerprint density at radius 2 is 2.19 bits per heavy atom. The summed E-state index contributed by atoms with van der Waals surface area (Å²) >= 11 is 1.41. The Kier molecular flexibility index (Phi) is 3.53. The van der Waals surface area contributed by atoms with Crippen molar-refractivity contribution in [2.24, 2.45) is 5.92 Å². The minimum absolute atomic E-state index is 0.0484. The molecule has 0 amide bonds. The zero-order valence-electron chi connectivity index (χ0n) is 9.60. The Labute approximate surface area is 99.2 Å². The molecule has 1 aromatic rings. The summed E-state index contributed by atoms with van der Waals surface area (Å²) in [6.07, 6.45) is 4.14. The maximum Gasteiger partial charge on any atom is 0.309 e. The van der Waals surface area contributed by atoms with E-state index in [0.717, 1.165) is 36.5 Å². The topological polar surface area (TPSA) is 52.1 Å². The van der Waals surface area contributed by atoms with Crippen molar-refractivity contribution < 1.29 is 9.53 Å². The summed E-state index contributed by atoms with van der Waals surface area (Å²) < 4.78 is 9.19. The number of nitrogens with zero attached hydrogens (tertiary/aromatic N) is 2. The summed E-state index contributed by atoms with van der Waals surface area (Å²) in [7, 11) is 1.45. The van der Waals surface area contributed by atoms with Crippen LogP contribution in [0.4, 0.5) is 0 Å². The smallest absolute Gasteiger partial charge is 0.309 e. The molecule has 1 aliphatic rings. The molecule has 0 saturated heterocycles. The van der Waals surface area contributed by atoms with Crippen molar-refractivity contribution in [3.63, 3.8) is 0 Å². The van der Waals surface area contributed by atoms with E-state index in [0.29, 0.717) is 0 Å². The summed E-state index contributed by atoms with van der Waals surface area (Å²) in [4.78, 5) is 16.1. The standard InChI is InChI=1S/C11H16N2O2S/c1-7-12-10(13-16-7)8-5-3-4-6-9(8)11(14)15-2/h8-9H,3-6H2,1-2H3. The molecule has 16 heavy (non-hydrogen) atoms. The highest BCUT2D eigenvalue weighted by Crippen LogP contribution is 2.37. The second kappa shape index (κ2) is 4.91. The zero-order valence-corrected chi connectivity index (χ0v) is 10.4. The van der Waals surface area contributed by atoms with Gasteiger partial charge in [-0.05, 0) is 31.3 Å². The van der Waals surface area contributed by atoms with Crippen LogP contribution in [0.5, 0.6) is 0 Å². The number of carbonyl (C=O) groups is 1. The van der Waals surface area contributed by atoms with Crippen molar-refractivity contribution in [3.8, 4) is 0 Å². The number of hydrogen-bond acceptors (Lipinski definition) is 5. The average molecular weight is 240 g/mol. The predicted molar refractivity (Wildman–Crippen MR) is 61.4 cm³/mol. The summed E-state index contributed by atoms with van der Waals surface area (Å²) in [5, 5.41) is 0.962. The third-order valence-corrected chi connectivity index (χ3v) is 3.78. The van der Waals surface area contributed by atoms with E-state index in [2.05, 4.69) is 9.36 Å². The molecule has 0 radical (unpaired) electrons. The first kappa shape index (κ1) is 11.5. The fourth-order valence-corrected chi connectivity index (χ4v) is 2.88. The van der Waals surface area contributed by atoms with Crippen LogP contribution in [-0.4, -0.2) is 22.4 Å². The lowest BCUT2D eigenvalue weighted by atomic mass is 9.79. The van der Waals surface area contributed by atoms with Gasteiger partial charge in [0.2, 0.25) is 0 Å². The van der Waals surface area contributed by atoms with E-state index in [4.69, 9.17) is 4.74 Å². The molecule has 88 valence electrons. The SMILES string of the molecule is COC(=O)C1CCCCC1c1nsc(C)n1. The molecule has 1 aromatic heterocycles. The summed E-state index contributed by atoms with van der Waals surface area (Å²) in [6.45, 7) is 1.94. The number of hydrogen-bond donors (Lipinski definition) is 0. The maximum absolute atomic E-state index is 11.7. The summed E-state index contributed by atoms with van der Waals surface area (Å²) in [5.74, 6) is 0.827. The van der Waals surface area contributed by atoms with E-state index >= 15 is 0 Å². The molecular formula is C11H16N2O2S. The van der Waals surface area contributed by atoms with Gasteiger partial charge in [0.15, 0.2) is 0 Å². The Bertz CT molecular complexity index is 378. The highest BCUT2D eigenvalue weighted by atomic mass is 32.1. The van der Waals surface area contributed by atoms with Gasteiger partial charge in [0.05, 0.1) is 13.0 Å². The fourth-order valence-electron chi connectivity index (χ4n) is 2.34. The first-order chi connectivity index (χ1) is 7.72. The van der Waals surface area contributed by atoms with Gasteiger partial charge in [-0.25, -0.2) is 4.98 Å². The van der Waals surface area contributed by atoms with Gasteiger partial charge in [-0.2, -0.15) is 4.37 Å². The lowest BCUT2D eigenvalue weighted by Gasteiger charge is -2.27. The van der Waals surface area contributed by atoms with Crippen molar-refractivity contribution >= 4 is 17.5 Å². The molecule has 2 atom stereocenters. The van der Waals surface area contributed by atoms with Gasteiger partial charge in [-0.3, -0.25) is 4.79 Å². The lowest BCUT2D eigenvalue weighted by Crippen LogP contribution is -2.27. The van der Waals surface area contributed by atoms with Crippen molar-refractivity contribution in [2.45, 2.75) is 38.5 Å². The van der Waals surface area contributed by atoms with Gasteiger partial charge < -0.3 is 4.74 Å². The van der Waals surface area contributed by atoms with Crippen LogP contribution in [0.1, 0.15) is 42.4 Å². The third-order valence-electron chi connectivity index (χ3n) is 3.14. The fraction of sp³-hybridized carbons (Fsp3) is 0.727. The minimum atomic E-state index is -0.114. The van der Waals surface area contributed by atoms with Crippen LogP contribution >= 0.6 is 11.5 Å². The Hall–Kier alpha value is -0.970. The van der Waals surface area contributed by atoms with E-state index in [1.807, 2.05) is 6.92 Å². The van der Waals surface area contributed by atoms with Gasteiger partial charge in [0, 0.05) is 5.92 Å². The molecule has 0 N–H and O–H groups in total. The second-order valence-corrected chi connectivity index (χ2v) is 5.15. The van der Waals surface area contributed by atoms with Crippen molar-refractivity contribution in [1.29, 1.82) is 0 Å². The highest BCUT2D eigenvalue weighted by Gasteiger charge is 2.34. The monoisotopic (exact) mass is 240 g/mol. The normalized spacial score (nSPS) is 25.4. The molecule has 0 bridgehead atoms. The van der Waals surface area contributed by atoms with Crippen LogP contribution in [0.25, 0.3) is 0 Å². The van der Waals surface area contributed by atoms with Gasteiger partial charge in [-0.1, -0.05) is 12.8 Å². The molecule has 0 spiro atoms. The van der Waals surface area contributed by atoms with E-state index in [1.54, 1.807) is 0 Å². The molecule has 0 aliphatic heterocycles. The molecule has 2 rings (SSSR count). The van der Waals surface area contributed by atoms with E-state index in [9.17, 15) is 4.79 Å². The number of esters is 1. The largest absolute Gasteiger partial charge is 0.469 e. The third kappa shape index (κ3) is 2.24. The molecule has 1 aliphatic carbocycles.